The molecular weight excluding hydrogens is 272 g/mol. The van der Waals surface area contributed by atoms with E-state index in [9.17, 15) is 4.79 Å². The molecule has 0 bridgehead atoms. The molecule has 0 aliphatic carbocycles. The van der Waals surface area contributed by atoms with Crippen LogP contribution < -0.4 is 4.90 Å². The van der Waals surface area contributed by atoms with Crippen LogP contribution in [0.15, 0.2) is 30.5 Å². The summed E-state index contributed by atoms with van der Waals surface area (Å²) >= 11 is 4.29. The Morgan fingerprint density at radius 3 is 2.90 bits per heavy atom. The number of carbonyl (C=O) groups is 1. The van der Waals surface area contributed by atoms with Gasteiger partial charge in [-0.1, -0.05) is 6.07 Å². The average molecular weight is 288 g/mol. The number of hydrogen-bond acceptors (Lipinski definition) is 4. The van der Waals surface area contributed by atoms with Gasteiger partial charge in [0, 0.05) is 32.3 Å². The Morgan fingerprint density at radius 1 is 1.40 bits per heavy atom. The first-order valence-corrected chi connectivity index (χ1v) is 7.19. The first-order chi connectivity index (χ1) is 9.69. The zero-order chi connectivity index (χ0) is 14.1. The summed E-state index contributed by atoms with van der Waals surface area (Å²) in [6.07, 6.45) is 2.30. The molecule has 0 saturated carbocycles. The molecule has 6 heteroatoms. The minimum Gasteiger partial charge on any atom is -0.297 e. The standard InChI is InChI=1S/C14H16N4OS/c1-17-13(18-8-10(9-20)6-14(18)19)7-12(16-17)11-4-2-3-5-15-11/h2-5,7,10,20H,6,8-9H2,1H3. The molecule has 1 unspecified atom stereocenters. The van der Waals surface area contributed by atoms with Gasteiger partial charge in [0.2, 0.25) is 5.91 Å². The largest absolute Gasteiger partial charge is 0.297 e. The molecule has 1 aliphatic rings. The fraction of sp³-hybridized carbons (Fsp3) is 0.357. The maximum atomic E-state index is 12.1. The number of hydrogen-bond donors (Lipinski definition) is 1. The number of nitrogens with zero attached hydrogens (tertiary/aromatic N) is 4. The summed E-state index contributed by atoms with van der Waals surface area (Å²) in [5.41, 5.74) is 1.59. The lowest BCUT2D eigenvalue weighted by atomic mass is 10.1. The summed E-state index contributed by atoms with van der Waals surface area (Å²) < 4.78 is 1.74. The first-order valence-electron chi connectivity index (χ1n) is 6.55. The maximum absolute atomic E-state index is 12.1. The number of amides is 1. The van der Waals surface area contributed by atoms with Crippen LogP contribution >= 0.6 is 12.6 Å². The van der Waals surface area contributed by atoms with Crippen molar-refractivity contribution in [2.45, 2.75) is 6.42 Å². The van der Waals surface area contributed by atoms with Gasteiger partial charge in [0.15, 0.2) is 0 Å². The second-order valence-electron chi connectivity index (χ2n) is 4.98. The second-order valence-corrected chi connectivity index (χ2v) is 5.35. The number of carbonyl (C=O) groups excluding carboxylic acids is 1. The van der Waals surface area contributed by atoms with Gasteiger partial charge < -0.3 is 0 Å². The fourth-order valence-electron chi connectivity index (χ4n) is 2.47. The van der Waals surface area contributed by atoms with E-state index >= 15 is 0 Å². The number of aryl methyl sites for hydroxylation is 1. The van der Waals surface area contributed by atoms with Crippen molar-refractivity contribution in [2.24, 2.45) is 13.0 Å². The summed E-state index contributed by atoms with van der Waals surface area (Å²) in [4.78, 5) is 18.2. The highest BCUT2D eigenvalue weighted by molar-refractivity contribution is 7.80. The molecule has 0 aromatic carbocycles. The topological polar surface area (TPSA) is 51.0 Å². The molecule has 20 heavy (non-hydrogen) atoms. The number of thiol groups is 1. The van der Waals surface area contributed by atoms with Gasteiger partial charge in [-0.3, -0.25) is 19.4 Å². The molecule has 2 aromatic heterocycles. The van der Waals surface area contributed by atoms with Gasteiger partial charge in [-0.2, -0.15) is 17.7 Å². The highest BCUT2D eigenvalue weighted by Gasteiger charge is 2.31. The molecule has 1 fully saturated rings. The van der Waals surface area contributed by atoms with E-state index in [0.29, 0.717) is 18.9 Å². The van der Waals surface area contributed by atoms with Gasteiger partial charge in [0.05, 0.1) is 5.69 Å². The molecule has 0 spiro atoms. The quantitative estimate of drug-likeness (QED) is 0.876. The van der Waals surface area contributed by atoms with E-state index in [4.69, 9.17) is 0 Å². The predicted octanol–water partition coefficient (Wildman–Crippen LogP) is 1.76. The Bertz CT molecular complexity index is 625. The van der Waals surface area contributed by atoms with E-state index in [1.807, 2.05) is 31.3 Å². The van der Waals surface area contributed by atoms with Crippen LogP contribution in [0.25, 0.3) is 11.4 Å². The van der Waals surface area contributed by atoms with Crippen LogP contribution in [0.3, 0.4) is 0 Å². The monoisotopic (exact) mass is 288 g/mol. The highest BCUT2D eigenvalue weighted by Crippen LogP contribution is 2.28. The fourth-order valence-corrected chi connectivity index (χ4v) is 2.72. The Hall–Kier alpha value is -1.82. The Kier molecular flexibility index (Phi) is 3.48. The molecule has 0 radical (unpaired) electrons. The summed E-state index contributed by atoms with van der Waals surface area (Å²) in [7, 11) is 1.85. The third-order valence-electron chi connectivity index (χ3n) is 3.52. The van der Waals surface area contributed by atoms with Gasteiger partial charge >= 0.3 is 0 Å². The second kappa shape index (κ2) is 5.28. The molecule has 3 heterocycles. The molecule has 2 aromatic rings. The highest BCUT2D eigenvalue weighted by atomic mass is 32.1. The van der Waals surface area contributed by atoms with Crippen LogP contribution in [0.4, 0.5) is 5.82 Å². The molecule has 104 valence electrons. The smallest absolute Gasteiger partial charge is 0.228 e. The number of aromatic nitrogens is 3. The molecule has 3 rings (SSSR count). The summed E-state index contributed by atoms with van der Waals surface area (Å²) in [6.45, 7) is 0.712. The lowest BCUT2D eigenvalue weighted by molar-refractivity contribution is -0.117. The zero-order valence-corrected chi connectivity index (χ0v) is 12.1. The van der Waals surface area contributed by atoms with E-state index in [-0.39, 0.29) is 5.91 Å². The number of anilines is 1. The van der Waals surface area contributed by atoms with Crippen molar-refractivity contribution in [1.29, 1.82) is 0 Å². The van der Waals surface area contributed by atoms with Crippen LogP contribution in [0.2, 0.25) is 0 Å². The summed E-state index contributed by atoms with van der Waals surface area (Å²) in [5, 5.41) is 4.45. The van der Waals surface area contributed by atoms with Gasteiger partial charge in [-0.05, 0) is 23.8 Å². The number of rotatable bonds is 3. The van der Waals surface area contributed by atoms with Crippen LogP contribution in [0.1, 0.15) is 6.42 Å². The Balaban J connectivity index is 1.92. The average Bonchev–Trinajstić information content (AvgIpc) is 3.02. The van der Waals surface area contributed by atoms with E-state index < -0.39 is 0 Å². The van der Waals surface area contributed by atoms with Crippen LogP contribution in [0.5, 0.6) is 0 Å². The lowest BCUT2D eigenvalue weighted by Crippen LogP contribution is -2.26. The van der Waals surface area contributed by atoms with Crippen molar-refractivity contribution >= 4 is 24.4 Å². The summed E-state index contributed by atoms with van der Waals surface area (Å²) in [6, 6.07) is 7.62. The minimum absolute atomic E-state index is 0.139. The lowest BCUT2D eigenvalue weighted by Gasteiger charge is -2.15. The van der Waals surface area contributed by atoms with Gasteiger partial charge in [0.25, 0.3) is 0 Å². The molecule has 1 aliphatic heterocycles. The van der Waals surface area contributed by atoms with Crippen molar-refractivity contribution in [3.63, 3.8) is 0 Å². The predicted molar refractivity (Wildman–Crippen MR) is 80.8 cm³/mol. The van der Waals surface area contributed by atoms with E-state index in [1.54, 1.807) is 15.8 Å². The molecule has 1 amide bonds. The van der Waals surface area contributed by atoms with Crippen molar-refractivity contribution < 1.29 is 4.79 Å². The van der Waals surface area contributed by atoms with Gasteiger partial charge in [-0.15, -0.1) is 0 Å². The molecule has 5 nitrogen and oxygen atoms in total. The SMILES string of the molecule is Cn1nc(-c2ccccn2)cc1N1CC(CS)CC1=O. The van der Waals surface area contributed by atoms with E-state index in [2.05, 4.69) is 22.7 Å². The van der Waals surface area contributed by atoms with Crippen molar-refractivity contribution in [2.75, 3.05) is 17.2 Å². The molecule has 0 N–H and O–H groups in total. The van der Waals surface area contributed by atoms with Crippen LogP contribution in [0, 0.1) is 5.92 Å². The van der Waals surface area contributed by atoms with Crippen LogP contribution in [-0.2, 0) is 11.8 Å². The van der Waals surface area contributed by atoms with E-state index in [0.717, 1.165) is 23.0 Å². The Labute approximate surface area is 123 Å². The van der Waals surface area contributed by atoms with Crippen molar-refractivity contribution in [3.05, 3.63) is 30.5 Å². The number of pyridine rings is 1. The normalized spacial score (nSPS) is 18.8. The maximum Gasteiger partial charge on any atom is 0.228 e. The van der Waals surface area contributed by atoms with Gasteiger partial charge in [-0.25, -0.2) is 0 Å². The molecule has 1 saturated heterocycles. The zero-order valence-electron chi connectivity index (χ0n) is 11.2. The third-order valence-corrected chi connectivity index (χ3v) is 4.04. The third kappa shape index (κ3) is 2.31. The Morgan fingerprint density at radius 2 is 2.25 bits per heavy atom. The van der Waals surface area contributed by atoms with E-state index in [1.165, 1.54) is 0 Å². The summed E-state index contributed by atoms with van der Waals surface area (Å²) in [5.74, 6) is 2.01. The van der Waals surface area contributed by atoms with Gasteiger partial charge in [0.1, 0.15) is 11.5 Å². The van der Waals surface area contributed by atoms with Crippen LogP contribution in [-0.4, -0.2) is 33.0 Å². The molecule has 1 atom stereocenters. The minimum atomic E-state index is 0.139. The van der Waals surface area contributed by atoms with Crippen molar-refractivity contribution in [1.82, 2.24) is 14.8 Å². The van der Waals surface area contributed by atoms with Crippen molar-refractivity contribution in [3.8, 4) is 11.4 Å². The first kappa shape index (κ1) is 13.2. The molecular formula is C14H16N4OS.